The molecule has 0 fully saturated rings. The van der Waals surface area contributed by atoms with E-state index in [1.165, 1.54) is 0 Å². The first-order valence-corrected chi connectivity index (χ1v) is 4.75. The summed E-state index contributed by atoms with van der Waals surface area (Å²) >= 11 is 0. The molecule has 1 rings (SSSR count). The van der Waals surface area contributed by atoms with Crippen LogP contribution in [0.5, 0.6) is 0 Å². The van der Waals surface area contributed by atoms with E-state index in [1.807, 2.05) is 32.1 Å². The van der Waals surface area contributed by atoms with Crippen molar-refractivity contribution in [2.75, 3.05) is 6.61 Å². The molecule has 0 aromatic carbocycles. The average molecular weight is 195 g/mol. The average Bonchev–Trinajstić information content (AvgIpc) is 2.54. The summed E-state index contributed by atoms with van der Waals surface area (Å²) in [5, 5.41) is 0. The van der Waals surface area contributed by atoms with Crippen molar-refractivity contribution in [1.82, 2.24) is 0 Å². The molecule has 0 atom stereocenters. The molecule has 3 nitrogen and oxygen atoms in total. The highest BCUT2D eigenvalue weighted by Crippen LogP contribution is 2.14. The lowest BCUT2D eigenvalue weighted by atomic mass is 10.2. The van der Waals surface area contributed by atoms with Gasteiger partial charge in [0.25, 0.3) is 0 Å². The second-order valence-corrected chi connectivity index (χ2v) is 3.08. The van der Waals surface area contributed by atoms with Crippen LogP contribution < -0.4 is 5.73 Å². The minimum absolute atomic E-state index is 0.440. The fraction of sp³-hybridized carbons (Fsp3) is 0.455. The van der Waals surface area contributed by atoms with Crippen molar-refractivity contribution in [2.24, 2.45) is 5.73 Å². The van der Waals surface area contributed by atoms with Gasteiger partial charge in [0.1, 0.15) is 11.5 Å². The van der Waals surface area contributed by atoms with Gasteiger partial charge in [-0.15, -0.1) is 0 Å². The third-order valence-electron chi connectivity index (χ3n) is 1.98. The largest absolute Gasteiger partial charge is 0.465 e. The van der Waals surface area contributed by atoms with Gasteiger partial charge in [-0.3, -0.25) is 0 Å². The van der Waals surface area contributed by atoms with E-state index < -0.39 is 0 Å². The Balaban J connectivity index is 2.45. The van der Waals surface area contributed by atoms with Gasteiger partial charge in [0.05, 0.1) is 19.8 Å². The molecule has 1 aromatic heterocycles. The summed E-state index contributed by atoms with van der Waals surface area (Å²) in [5.74, 6) is 1.71. The van der Waals surface area contributed by atoms with Gasteiger partial charge in [-0.05, 0) is 19.9 Å². The van der Waals surface area contributed by atoms with Gasteiger partial charge in [0, 0.05) is 5.56 Å². The maximum atomic E-state index is 5.46. The molecule has 78 valence electrons. The lowest BCUT2D eigenvalue weighted by molar-refractivity contribution is 0.147. The number of allylic oxidation sites excluding steroid dienone is 1. The first-order valence-electron chi connectivity index (χ1n) is 4.75. The minimum Gasteiger partial charge on any atom is -0.465 e. The Morgan fingerprint density at radius 3 is 2.93 bits per heavy atom. The predicted octanol–water partition coefficient (Wildman–Crippen LogP) is 2.14. The normalized spacial score (nSPS) is 11.4. The van der Waals surface area contributed by atoms with Crippen molar-refractivity contribution in [2.45, 2.75) is 27.0 Å². The van der Waals surface area contributed by atoms with Crippen LogP contribution in [0.1, 0.15) is 24.0 Å². The van der Waals surface area contributed by atoms with Gasteiger partial charge in [-0.1, -0.05) is 12.2 Å². The zero-order valence-corrected chi connectivity index (χ0v) is 8.75. The van der Waals surface area contributed by atoms with Crippen molar-refractivity contribution in [3.8, 4) is 0 Å². The van der Waals surface area contributed by atoms with Gasteiger partial charge >= 0.3 is 0 Å². The molecule has 1 aromatic rings. The summed E-state index contributed by atoms with van der Waals surface area (Å²) in [5.41, 5.74) is 6.54. The van der Waals surface area contributed by atoms with Crippen LogP contribution in [-0.4, -0.2) is 6.61 Å². The number of hydrogen-bond acceptors (Lipinski definition) is 3. The van der Waals surface area contributed by atoms with Gasteiger partial charge in [-0.2, -0.15) is 0 Å². The lowest BCUT2D eigenvalue weighted by Crippen LogP contribution is -1.94. The van der Waals surface area contributed by atoms with Crippen molar-refractivity contribution in [3.05, 3.63) is 35.3 Å². The van der Waals surface area contributed by atoms with E-state index in [4.69, 9.17) is 14.9 Å². The van der Waals surface area contributed by atoms with E-state index in [-0.39, 0.29) is 0 Å². The molecule has 0 unspecified atom stereocenters. The summed E-state index contributed by atoms with van der Waals surface area (Å²) in [7, 11) is 0. The Bertz CT molecular complexity index is 302. The summed E-state index contributed by atoms with van der Waals surface area (Å²) in [6, 6.07) is 1.95. The van der Waals surface area contributed by atoms with Gasteiger partial charge in [-0.25, -0.2) is 0 Å². The van der Waals surface area contributed by atoms with Gasteiger partial charge in [0.2, 0.25) is 0 Å². The van der Waals surface area contributed by atoms with E-state index in [0.29, 0.717) is 19.8 Å². The summed E-state index contributed by atoms with van der Waals surface area (Å²) in [6.07, 6.45) is 3.94. The quantitative estimate of drug-likeness (QED) is 0.578. The van der Waals surface area contributed by atoms with Gasteiger partial charge < -0.3 is 14.9 Å². The Labute approximate surface area is 84.5 Å². The van der Waals surface area contributed by atoms with Crippen LogP contribution >= 0.6 is 0 Å². The number of furan rings is 1. The molecule has 0 aliphatic carbocycles. The Morgan fingerprint density at radius 2 is 2.36 bits per heavy atom. The highest BCUT2D eigenvalue weighted by Gasteiger charge is 2.05. The van der Waals surface area contributed by atoms with Crippen molar-refractivity contribution in [1.29, 1.82) is 0 Å². The molecule has 0 spiro atoms. The topological polar surface area (TPSA) is 48.4 Å². The molecule has 1 heterocycles. The fourth-order valence-electron chi connectivity index (χ4n) is 1.16. The molecule has 0 saturated carbocycles. The van der Waals surface area contributed by atoms with E-state index in [1.54, 1.807) is 0 Å². The Kier molecular flexibility index (Phi) is 4.43. The van der Waals surface area contributed by atoms with Crippen LogP contribution in [-0.2, 0) is 17.9 Å². The van der Waals surface area contributed by atoms with Crippen molar-refractivity contribution < 1.29 is 9.15 Å². The highest BCUT2D eigenvalue weighted by molar-refractivity contribution is 5.19. The maximum Gasteiger partial charge on any atom is 0.118 e. The highest BCUT2D eigenvalue weighted by atomic mass is 16.5. The molecule has 2 N–H and O–H groups in total. The molecule has 0 radical (unpaired) electrons. The van der Waals surface area contributed by atoms with Crippen LogP contribution in [0.15, 0.2) is 22.6 Å². The van der Waals surface area contributed by atoms with Crippen molar-refractivity contribution in [3.63, 3.8) is 0 Å². The molecular weight excluding hydrogens is 178 g/mol. The summed E-state index contributed by atoms with van der Waals surface area (Å²) < 4.78 is 10.8. The molecule has 3 heteroatoms. The third-order valence-corrected chi connectivity index (χ3v) is 1.98. The molecule has 0 amide bonds. The monoisotopic (exact) mass is 195 g/mol. The van der Waals surface area contributed by atoms with E-state index in [0.717, 1.165) is 17.1 Å². The smallest absolute Gasteiger partial charge is 0.118 e. The van der Waals surface area contributed by atoms with E-state index in [2.05, 4.69) is 0 Å². The second kappa shape index (κ2) is 5.62. The van der Waals surface area contributed by atoms with E-state index in [9.17, 15) is 0 Å². The summed E-state index contributed by atoms with van der Waals surface area (Å²) in [6.45, 7) is 5.56. The Morgan fingerprint density at radius 1 is 1.57 bits per heavy atom. The molecular formula is C11H17NO2. The van der Waals surface area contributed by atoms with Crippen LogP contribution in [0.3, 0.4) is 0 Å². The minimum atomic E-state index is 0.440. The molecule has 0 aliphatic rings. The zero-order chi connectivity index (χ0) is 10.4. The third kappa shape index (κ3) is 3.01. The van der Waals surface area contributed by atoms with E-state index >= 15 is 0 Å². The van der Waals surface area contributed by atoms with Crippen LogP contribution in [0, 0.1) is 6.92 Å². The fourth-order valence-corrected chi connectivity index (χ4v) is 1.16. The second-order valence-electron chi connectivity index (χ2n) is 3.08. The lowest BCUT2D eigenvalue weighted by Gasteiger charge is -1.98. The first-order chi connectivity index (χ1) is 6.77. The number of nitrogens with two attached hydrogens (primary N) is 1. The predicted molar refractivity (Wildman–Crippen MR) is 55.8 cm³/mol. The molecule has 0 saturated heterocycles. The van der Waals surface area contributed by atoms with Crippen LogP contribution in [0.2, 0.25) is 0 Å². The van der Waals surface area contributed by atoms with Crippen molar-refractivity contribution >= 4 is 0 Å². The molecule has 0 bridgehead atoms. The number of rotatable bonds is 5. The molecule has 0 aliphatic heterocycles. The van der Waals surface area contributed by atoms with Gasteiger partial charge in [0.15, 0.2) is 0 Å². The number of aryl methyl sites for hydroxylation is 1. The first kappa shape index (κ1) is 11.0. The van der Waals surface area contributed by atoms with Crippen LogP contribution in [0.4, 0.5) is 0 Å². The standard InChI is InChI=1S/C11H17NO2/c1-3-4-5-13-8-10-6-11(7-12)14-9(10)2/h3-4,6H,5,7-8,12H2,1-2H3. The van der Waals surface area contributed by atoms with Crippen LogP contribution in [0.25, 0.3) is 0 Å². The number of hydrogen-bond donors (Lipinski definition) is 1. The number of ether oxygens (including phenoxy) is 1. The Hall–Kier alpha value is -1.06. The molecule has 14 heavy (non-hydrogen) atoms. The summed E-state index contributed by atoms with van der Waals surface area (Å²) in [4.78, 5) is 0. The maximum absolute atomic E-state index is 5.46. The zero-order valence-electron chi connectivity index (χ0n) is 8.75. The SMILES string of the molecule is CC=CCOCc1cc(CN)oc1C.